The standard InChI is InChI=1S/C10H18N4S/c1-11-8-10(13-9(12-8)15-3)4-6-14(2)7-5-10/h4-7H2,1-3H3,(H,11,12,13). The minimum atomic E-state index is -0.0421. The minimum absolute atomic E-state index is 0.0421. The van der Waals surface area contributed by atoms with E-state index >= 15 is 0 Å². The molecule has 4 nitrogen and oxygen atoms in total. The van der Waals surface area contributed by atoms with Crippen LogP contribution in [0.25, 0.3) is 0 Å². The summed E-state index contributed by atoms with van der Waals surface area (Å²) in [6.45, 7) is 2.21. The Labute approximate surface area is 95.2 Å². The van der Waals surface area contributed by atoms with Crippen molar-refractivity contribution in [3.05, 3.63) is 0 Å². The fourth-order valence-electron chi connectivity index (χ4n) is 2.19. The van der Waals surface area contributed by atoms with Gasteiger partial charge in [0.1, 0.15) is 11.4 Å². The Hall–Kier alpha value is -0.550. The maximum absolute atomic E-state index is 4.80. The zero-order chi connectivity index (χ0) is 10.9. The van der Waals surface area contributed by atoms with Gasteiger partial charge in [0.2, 0.25) is 0 Å². The van der Waals surface area contributed by atoms with Crippen molar-refractivity contribution < 1.29 is 0 Å². The fourth-order valence-corrected chi connectivity index (χ4v) is 2.66. The molecule has 1 fully saturated rings. The summed E-state index contributed by atoms with van der Waals surface area (Å²) < 4.78 is 0. The van der Waals surface area contributed by atoms with E-state index in [0.29, 0.717) is 0 Å². The van der Waals surface area contributed by atoms with E-state index in [1.165, 1.54) is 0 Å². The highest BCUT2D eigenvalue weighted by atomic mass is 32.2. The molecule has 0 amide bonds. The number of hydrogen-bond donors (Lipinski definition) is 1. The Balaban J connectivity index is 2.21. The van der Waals surface area contributed by atoms with Gasteiger partial charge in [-0.25, -0.2) is 4.99 Å². The van der Waals surface area contributed by atoms with Gasteiger partial charge in [0.15, 0.2) is 5.17 Å². The highest BCUT2D eigenvalue weighted by molar-refractivity contribution is 8.13. The van der Waals surface area contributed by atoms with Crippen LogP contribution in [-0.4, -0.2) is 54.9 Å². The molecule has 0 atom stereocenters. The first-order valence-electron chi connectivity index (χ1n) is 5.27. The summed E-state index contributed by atoms with van der Waals surface area (Å²) in [5.74, 6) is 1.06. The molecule has 2 heterocycles. The van der Waals surface area contributed by atoms with Crippen LogP contribution in [0.3, 0.4) is 0 Å². The molecule has 84 valence electrons. The lowest BCUT2D eigenvalue weighted by molar-refractivity contribution is 0.233. The molecular formula is C10H18N4S. The third-order valence-electron chi connectivity index (χ3n) is 3.21. The van der Waals surface area contributed by atoms with Gasteiger partial charge in [0, 0.05) is 20.1 Å². The summed E-state index contributed by atoms with van der Waals surface area (Å²) >= 11 is 1.66. The number of likely N-dealkylation sites (tertiary alicyclic amines) is 1. The number of piperidine rings is 1. The van der Waals surface area contributed by atoms with Crippen molar-refractivity contribution in [2.75, 3.05) is 33.4 Å². The van der Waals surface area contributed by atoms with Gasteiger partial charge in [0.05, 0.1) is 0 Å². The van der Waals surface area contributed by atoms with Crippen molar-refractivity contribution in [1.29, 1.82) is 0 Å². The van der Waals surface area contributed by atoms with Crippen molar-refractivity contribution in [3.63, 3.8) is 0 Å². The molecule has 5 heteroatoms. The second-order valence-corrected chi connectivity index (χ2v) is 4.95. The van der Waals surface area contributed by atoms with Gasteiger partial charge in [-0.3, -0.25) is 4.99 Å². The lowest BCUT2D eigenvalue weighted by Crippen LogP contribution is -2.48. The van der Waals surface area contributed by atoms with Crippen LogP contribution in [0.1, 0.15) is 12.8 Å². The SMILES string of the molecule is CN=C1NC(SC)=NC12CCN(C)CC2. The molecule has 15 heavy (non-hydrogen) atoms. The minimum Gasteiger partial charge on any atom is -0.321 e. The van der Waals surface area contributed by atoms with Gasteiger partial charge < -0.3 is 10.2 Å². The van der Waals surface area contributed by atoms with Gasteiger partial charge in [-0.15, -0.1) is 0 Å². The second-order valence-electron chi connectivity index (χ2n) is 4.15. The first kappa shape index (κ1) is 11.0. The Morgan fingerprint density at radius 3 is 2.67 bits per heavy atom. The first-order chi connectivity index (χ1) is 7.20. The van der Waals surface area contributed by atoms with Gasteiger partial charge in [-0.05, 0) is 26.1 Å². The number of nitrogens with zero attached hydrogens (tertiary/aromatic N) is 3. The lowest BCUT2D eigenvalue weighted by atomic mass is 9.88. The summed E-state index contributed by atoms with van der Waals surface area (Å²) in [5, 5.41) is 4.32. The number of rotatable bonds is 0. The highest BCUT2D eigenvalue weighted by Gasteiger charge is 2.42. The molecule has 2 aliphatic heterocycles. The highest BCUT2D eigenvalue weighted by Crippen LogP contribution is 2.31. The summed E-state index contributed by atoms with van der Waals surface area (Å²) in [7, 11) is 4.01. The van der Waals surface area contributed by atoms with E-state index in [9.17, 15) is 0 Å². The maximum Gasteiger partial charge on any atom is 0.162 e. The normalized spacial score (nSPS) is 28.2. The largest absolute Gasteiger partial charge is 0.321 e. The molecule has 0 aliphatic carbocycles. The third-order valence-corrected chi connectivity index (χ3v) is 3.79. The topological polar surface area (TPSA) is 40.0 Å². The van der Waals surface area contributed by atoms with Crippen molar-refractivity contribution in [1.82, 2.24) is 10.2 Å². The van der Waals surface area contributed by atoms with Crippen molar-refractivity contribution in [3.8, 4) is 0 Å². The molecule has 0 aromatic carbocycles. The molecule has 0 aromatic heterocycles. The molecule has 0 unspecified atom stereocenters. The number of amidine groups is 2. The van der Waals surface area contributed by atoms with E-state index < -0.39 is 0 Å². The summed E-state index contributed by atoms with van der Waals surface area (Å²) in [5.41, 5.74) is -0.0421. The zero-order valence-electron chi connectivity index (χ0n) is 9.58. The molecule has 0 saturated carbocycles. The molecule has 0 bridgehead atoms. The Kier molecular flexibility index (Phi) is 3.02. The van der Waals surface area contributed by atoms with Crippen LogP contribution in [0.4, 0.5) is 0 Å². The Morgan fingerprint density at radius 1 is 1.47 bits per heavy atom. The van der Waals surface area contributed by atoms with Gasteiger partial charge in [-0.1, -0.05) is 11.8 Å². The monoisotopic (exact) mass is 226 g/mol. The average molecular weight is 226 g/mol. The van der Waals surface area contributed by atoms with Crippen LogP contribution < -0.4 is 5.32 Å². The Bertz CT molecular complexity index is 303. The predicted octanol–water partition coefficient (Wildman–Crippen LogP) is 0.801. The van der Waals surface area contributed by atoms with Crippen LogP contribution in [0, 0.1) is 0 Å². The molecule has 2 aliphatic rings. The average Bonchev–Trinajstić information content (AvgIpc) is 2.61. The van der Waals surface area contributed by atoms with E-state index in [1.54, 1.807) is 11.8 Å². The first-order valence-corrected chi connectivity index (χ1v) is 6.49. The number of nitrogens with one attached hydrogen (secondary N) is 1. The third kappa shape index (κ3) is 1.90. The maximum atomic E-state index is 4.80. The van der Waals surface area contributed by atoms with Crippen LogP contribution in [0.2, 0.25) is 0 Å². The number of aliphatic imine (C=N–C) groups is 2. The molecule has 0 aromatic rings. The quantitative estimate of drug-likeness (QED) is 0.664. The molecule has 2 rings (SSSR count). The van der Waals surface area contributed by atoms with Gasteiger partial charge >= 0.3 is 0 Å². The van der Waals surface area contributed by atoms with Crippen molar-refractivity contribution in [2.45, 2.75) is 18.4 Å². The van der Waals surface area contributed by atoms with Gasteiger partial charge in [-0.2, -0.15) is 0 Å². The predicted molar refractivity (Wildman–Crippen MR) is 66.9 cm³/mol. The Morgan fingerprint density at radius 2 is 2.13 bits per heavy atom. The van der Waals surface area contributed by atoms with Gasteiger partial charge in [0.25, 0.3) is 0 Å². The number of thioether (sulfide) groups is 1. The van der Waals surface area contributed by atoms with Crippen LogP contribution >= 0.6 is 11.8 Å². The van der Waals surface area contributed by atoms with E-state index in [-0.39, 0.29) is 5.54 Å². The fraction of sp³-hybridized carbons (Fsp3) is 0.800. The van der Waals surface area contributed by atoms with Crippen LogP contribution in [0.5, 0.6) is 0 Å². The van der Waals surface area contributed by atoms with Crippen molar-refractivity contribution in [2.24, 2.45) is 9.98 Å². The summed E-state index contributed by atoms with van der Waals surface area (Å²) in [6.07, 6.45) is 4.20. The zero-order valence-corrected chi connectivity index (χ0v) is 10.4. The van der Waals surface area contributed by atoms with Crippen LogP contribution in [-0.2, 0) is 0 Å². The smallest absolute Gasteiger partial charge is 0.162 e. The molecule has 0 radical (unpaired) electrons. The van der Waals surface area contributed by atoms with Crippen molar-refractivity contribution >= 4 is 22.8 Å². The van der Waals surface area contributed by atoms with E-state index in [4.69, 9.17) is 4.99 Å². The molecule has 1 N–H and O–H groups in total. The van der Waals surface area contributed by atoms with E-state index in [0.717, 1.165) is 36.9 Å². The molecular weight excluding hydrogens is 208 g/mol. The lowest BCUT2D eigenvalue weighted by Gasteiger charge is -2.34. The van der Waals surface area contributed by atoms with E-state index in [2.05, 4.69) is 22.3 Å². The van der Waals surface area contributed by atoms with E-state index in [1.807, 2.05) is 13.3 Å². The summed E-state index contributed by atoms with van der Waals surface area (Å²) in [6, 6.07) is 0. The molecule has 1 spiro atoms. The number of hydrogen-bond acceptors (Lipinski definition) is 4. The van der Waals surface area contributed by atoms with Crippen LogP contribution in [0.15, 0.2) is 9.98 Å². The summed E-state index contributed by atoms with van der Waals surface area (Å²) in [4.78, 5) is 11.5. The second kappa shape index (κ2) is 4.14. The molecule has 1 saturated heterocycles.